The van der Waals surface area contributed by atoms with Gasteiger partial charge in [-0.15, -0.1) is 0 Å². The molecular formula is C16H22ClNO3. The summed E-state index contributed by atoms with van der Waals surface area (Å²) in [6.45, 7) is 9.09. The van der Waals surface area contributed by atoms with Gasteiger partial charge >= 0.3 is 5.97 Å². The summed E-state index contributed by atoms with van der Waals surface area (Å²) in [6, 6.07) is 5.88. The number of hydrogen-bond donors (Lipinski definition) is 1. The van der Waals surface area contributed by atoms with E-state index in [-0.39, 0.29) is 11.8 Å². The first kappa shape index (κ1) is 17.5. The zero-order chi connectivity index (χ0) is 16.2. The van der Waals surface area contributed by atoms with Gasteiger partial charge in [-0.2, -0.15) is 0 Å². The first-order valence-corrected chi connectivity index (χ1v) is 7.27. The summed E-state index contributed by atoms with van der Waals surface area (Å²) >= 11 is 5.87. The van der Waals surface area contributed by atoms with Crippen LogP contribution in [-0.4, -0.2) is 23.5 Å². The molecule has 0 aliphatic carbocycles. The molecule has 1 N–H and O–H groups in total. The minimum Gasteiger partial charge on any atom is -0.458 e. The molecule has 1 atom stereocenters. The van der Waals surface area contributed by atoms with Gasteiger partial charge in [0.2, 0.25) is 0 Å². The molecule has 0 fully saturated rings. The lowest BCUT2D eigenvalue weighted by Crippen LogP contribution is -2.47. The molecule has 0 unspecified atom stereocenters. The largest absolute Gasteiger partial charge is 0.458 e. The van der Waals surface area contributed by atoms with Gasteiger partial charge in [0.25, 0.3) is 5.91 Å². The lowest BCUT2D eigenvalue weighted by molar-refractivity contribution is -0.158. The van der Waals surface area contributed by atoms with Crippen molar-refractivity contribution >= 4 is 23.5 Å². The third-order valence-electron chi connectivity index (χ3n) is 2.70. The summed E-state index contributed by atoms with van der Waals surface area (Å²) in [6.07, 6.45) is 0. The molecule has 0 saturated carbocycles. The normalized spacial score (nSPS) is 12.9. The second-order valence-corrected chi connectivity index (χ2v) is 6.68. The number of rotatable bonds is 4. The minimum atomic E-state index is -0.698. The number of amides is 1. The van der Waals surface area contributed by atoms with Crippen LogP contribution in [0.2, 0.25) is 5.02 Å². The summed E-state index contributed by atoms with van der Waals surface area (Å²) in [5, 5.41) is 3.18. The third-order valence-corrected chi connectivity index (χ3v) is 2.94. The summed E-state index contributed by atoms with van der Waals surface area (Å²) in [7, 11) is 0. The molecule has 0 bridgehead atoms. The molecule has 0 spiro atoms. The van der Waals surface area contributed by atoms with Crippen LogP contribution in [0.1, 0.15) is 45.0 Å². The number of halogens is 1. The third kappa shape index (κ3) is 5.76. The smallest absolute Gasteiger partial charge is 0.329 e. The average molecular weight is 312 g/mol. The van der Waals surface area contributed by atoms with Crippen molar-refractivity contribution in [3.05, 3.63) is 34.9 Å². The second kappa shape index (κ2) is 6.94. The van der Waals surface area contributed by atoms with Gasteiger partial charge in [0, 0.05) is 10.6 Å². The van der Waals surface area contributed by atoms with Crippen LogP contribution in [0.15, 0.2) is 24.3 Å². The Balaban J connectivity index is 2.84. The second-order valence-electron chi connectivity index (χ2n) is 6.24. The highest BCUT2D eigenvalue weighted by Crippen LogP contribution is 2.14. The summed E-state index contributed by atoms with van der Waals surface area (Å²) < 4.78 is 5.34. The van der Waals surface area contributed by atoms with E-state index in [1.54, 1.807) is 45.0 Å². The zero-order valence-electron chi connectivity index (χ0n) is 13.1. The molecule has 0 saturated heterocycles. The van der Waals surface area contributed by atoms with Crippen molar-refractivity contribution < 1.29 is 14.3 Å². The van der Waals surface area contributed by atoms with Crippen molar-refractivity contribution in [3.63, 3.8) is 0 Å². The Morgan fingerprint density at radius 2 is 1.86 bits per heavy atom. The molecule has 116 valence electrons. The van der Waals surface area contributed by atoms with E-state index < -0.39 is 17.6 Å². The van der Waals surface area contributed by atoms with E-state index in [1.807, 2.05) is 13.8 Å². The Hall–Kier alpha value is -1.55. The molecule has 1 aromatic rings. The molecule has 4 nitrogen and oxygen atoms in total. The highest BCUT2D eigenvalue weighted by molar-refractivity contribution is 6.30. The average Bonchev–Trinajstić information content (AvgIpc) is 2.32. The number of carbonyl (C=O) groups is 2. The first-order chi connectivity index (χ1) is 9.60. The van der Waals surface area contributed by atoms with Gasteiger partial charge in [0.05, 0.1) is 0 Å². The highest BCUT2D eigenvalue weighted by atomic mass is 35.5. The van der Waals surface area contributed by atoms with Gasteiger partial charge in [0.15, 0.2) is 0 Å². The van der Waals surface area contributed by atoms with Crippen LogP contribution in [-0.2, 0) is 9.53 Å². The Kier molecular flexibility index (Phi) is 5.78. The number of ether oxygens (including phenoxy) is 1. The number of benzene rings is 1. The van der Waals surface area contributed by atoms with E-state index in [0.717, 1.165) is 0 Å². The topological polar surface area (TPSA) is 55.4 Å². The number of carbonyl (C=O) groups excluding carboxylic acids is 2. The van der Waals surface area contributed by atoms with Crippen LogP contribution in [0, 0.1) is 5.92 Å². The molecule has 0 aliphatic rings. The molecule has 21 heavy (non-hydrogen) atoms. The molecule has 0 radical (unpaired) electrons. The standard InChI is InChI=1S/C16H22ClNO3/c1-10(2)13(15(20)21-16(3,4)5)18-14(19)11-7-6-8-12(17)9-11/h6-10,13H,1-5H3,(H,18,19)/t13-/m0/s1. The Bertz CT molecular complexity index is 520. The van der Waals surface area contributed by atoms with Crippen LogP contribution < -0.4 is 5.32 Å². The van der Waals surface area contributed by atoms with E-state index in [1.165, 1.54) is 0 Å². The molecule has 5 heteroatoms. The SMILES string of the molecule is CC(C)[C@H](NC(=O)c1cccc(Cl)c1)C(=O)OC(C)(C)C. The van der Waals surface area contributed by atoms with E-state index in [0.29, 0.717) is 10.6 Å². The summed E-state index contributed by atoms with van der Waals surface area (Å²) in [5.74, 6) is -0.863. The number of hydrogen-bond acceptors (Lipinski definition) is 3. The fourth-order valence-electron chi connectivity index (χ4n) is 1.72. The van der Waals surface area contributed by atoms with Crippen LogP contribution >= 0.6 is 11.6 Å². The van der Waals surface area contributed by atoms with Gasteiger partial charge in [-0.25, -0.2) is 4.79 Å². The van der Waals surface area contributed by atoms with Gasteiger partial charge in [-0.1, -0.05) is 31.5 Å². The van der Waals surface area contributed by atoms with Crippen molar-refractivity contribution in [2.24, 2.45) is 5.92 Å². The fourth-order valence-corrected chi connectivity index (χ4v) is 1.91. The predicted octanol–water partition coefficient (Wildman–Crippen LogP) is 3.44. The maximum Gasteiger partial charge on any atom is 0.329 e. The lowest BCUT2D eigenvalue weighted by Gasteiger charge is -2.26. The summed E-state index contributed by atoms with van der Waals surface area (Å²) in [5.41, 5.74) is -0.179. The van der Waals surface area contributed by atoms with Gasteiger partial charge in [0.1, 0.15) is 11.6 Å². The molecule has 0 aliphatic heterocycles. The van der Waals surface area contributed by atoms with E-state index in [4.69, 9.17) is 16.3 Å². The Labute approximate surface area is 130 Å². The molecule has 0 heterocycles. The van der Waals surface area contributed by atoms with Crippen LogP contribution in [0.5, 0.6) is 0 Å². The van der Waals surface area contributed by atoms with Crippen molar-refractivity contribution in [3.8, 4) is 0 Å². The van der Waals surface area contributed by atoms with Crippen molar-refractivity contribution in [1.82, 2.24) is 5.32 Å². The highest BCUT2D eigenvalue weighted by Gasteiger charge is 2.29. The Morgan fingerprint density at radius 1 is 1.24 bits per heavy atom. The molecule has 1 aromatic carbocycles. The molecule has 0 aromatic heterocycles. The quantitative estimate of drug-likeness (QED) is 0.867. The van der Waals surface area contributed by atoms with Crippen LogP contribution in [0.25, 0.3) is 0 Å². The first-order valence-electron chi connectivity index (χ1n) is 6.89. The zero-order valence-corrected chi connectivity index (χ0v) is 13.8. The molecular weight excluding hydrogens is 290 g/mol. The van der Waals surface area contributed by atoms with Crippen molar-refractivity contribution in [1.29, 1.82) is 0 Å². The predicted molar refractivity (Wildman–Crippen MR) is 83.4 cm³/mol. The molecule has 1 rings (SSSR count). The van der Waals surface area contributed by atoms with Crippen molar-refractivity contribution in [2.45, 2.75) is 46.3 Å². The van der Waals surface area contributed by atoms with E-state index in [9.17, 15) is 9.59 Å². The van der Waals surface area contributed by atoms with Gasteiger partial charge < -0.3 is 10.1 Å². The van der Waals surface area contributed by atoms with Crippen LogP contribution in [0.4, 0.5) is 0 Å². The van der Waals surface area contributed by atoms with Gasteiger partial charge in [-0.3, -0.25) is 4.79 Å². The summed E-state index contributed by atoms with van der Waals surface area (Å²) in [4.78, 5) is 24.4. The lowest BCUT2D eigenvalue weighted by atomic mass is 10.0. The number of nitrogens with one attached hydrogen (secondary N) is 1. The molecule has 1 amide bonds. The number of esters is 1. The van der Waals surface area contributed by atoms with E-state index in [2.05, 4.69) is 5.32 Å². The van der Waals surface area contributed by atoms with Crippen molar-refractivity contribution in [2.75, 3.05) is 0 Å². The monoisotopic (exact) mass is 311 g/mol. The van der Waals surface area contributed by atoms with E-state index >= 15 is 0 Å². The maximum atomic E-state index is 12.2. The maximum absolute atomic E-state index is 12.2. The van der Waals surface area contributed by atoms with Crippen LogP contribution in [0.3, 0.4) is 0 Å². The van der Waals surface area contributed by atoms with Gasteiger partial charge in [-0.05, 0) is 44.9 Å². The fraction of sp³-hybridized carbons (Fsp3) is 0.500. The Morgan fingerprint density at radius 3 is 2.33 bits per heavy atom. The minimum absolute atomic E-state index is 0.0806.